The van der Waals surface area contributed by atoms with Gasteiger partial charge in [0.15, 0.2) is 0 Å². The number of carbonyl (C=O) groups is 1. The van der Waals surface area contributed by atoms with Gasteiger partial charge in [-0.3, -0.25) is 14.7 Å². The molecule has 2 aromatic rings. The van der Waals surface area contributed by atoms with E-state index in [-0.39, 0.29) is 30.5 Å². The van der Waals surface area contributed by atoms with Gasteiger partial charge >= 0.3 is 0 Å². The number of amides is 1. The van der Waals surface area contributed by atoms with Gasteiger partial charge in [0.2, 0.25) is 5.91 Å². The Hall–Kier alpha value is -2.50. The number of aliphatic hydroxyl groups is 1. The van der Waals surface area contributed by atoms with Crippen molar-refractivity contribution >= 4 is 12.0 Å². The fourth-order valence-electron chi connectivity index (χ4n) is 4.98. The van der Waals surface area contributed by atoms with Crippen LogP contribution in [0.15, 0.2) is 54.9 Å². The smallest absolute Gasteiger partial charge is 0.227 e. The summed E-state index contributed by atoms with van der Waals surface area (Å²) in [6, 6.07) is 12.9. The zero-order valence-electron chi connectivity index (χ0n) is 17.7. The second-order valence-electron chi connectivity index (χ2n) is 8.33. The minimum atomic E-state index is 0.135. The van der Waals surface area contributed by atoms with Crippen molar-refractivity contribution in [2.75, 3.05) is 26.2 Å². The van der Waals surface area contributed by atoms with Crippen molar-refractivity contribution in [1.82, 2.24) is 14.8 Å². The average molecular weight is 406 g/mol. The largest absolute Gasteiger partial charge is 0.395 e. The summed E-state index contributed by atoms with van der Waals surface area (Å²) in [6.45, 7) is 4.69. The number of hydrogen-bond acceptors (Lipinski definition) is 4. The zero-order chi connectivity index (χ0) is 20.9. The van der Waals surface area contributed by atoms with Gasteiger partial charge in [-0.05, 0) is 49.1 Å². The topological polar surface area (TPSA) is 56.7 Å². The van der Waals surface area contributed by atoms with Crippen molar-refractivity contribution in [3.05, 3.63) is 71.6 Å². The number of rotatable bonds is 5. The maximum atomic E-state index is 13.0. The minimum Gasteiger partial charge on any atom is -0.395 e. The molecule has 1 aromatic carbocycles. The van der Waals surface area contributed by atoms with Crippen LogP contribution >= 0.6 is 0 Å². The van der Waals surface area contributed by atoms with E-state index in [1.807, 2.05) is 30.0 Å². The Morgan fingerprint density at radius 3 is 2.70 bits per heavy atom. The number of fused-ring (bicyclic) bond motifs is 1. The Morgan fingerprint density at radius 1 is 1.20 bits per heavy atom. The van der Waals surface area contributed by atoms with Gasteiger partial charge in [0, 0.05) is 43.5 Å². The first-order valence-electron chi connectivity index (χ1n) is 11.0. The molecule has 0 saturated carbocycles. The summed E-state index contributed by atoms with van der Waals surface area (Å²) in [5.74, 6) is 0.418. The quantitative estimate of drug-likeness (QED) is 0.831. The fraction of sp³-hybridized carbons (Fsp3) is 0.440. The first kappa shape index (κ1) is 20.8. The lowest BCUT2D eigenvalue weighted by Gasteiger charge is -2.57. The second-order valence-corrected chi connectivity index (χ2v) is 8.33. The summed E-state index contributed by atoms with van der Waals surface area (Å²) in [5.41, 5.74) is 3.40. The Labute approximate surface area is 179 Å². The van der Waals surface area contributed by atoms with Crippen LogP contribution in [-0.2, 0) is 11.2 Å². The Morgan fingerprint density at radius 2 is 2.00 bits per heavy atom. The van der Waals surface area contributed by atoms with Crippen molar-refractivity contribution in [3.8, 4) is 0 Å². The van der Waals surface area contributed by atoms with Crippen LogP contribution in [0.2, 0.25) is 0 Å². The minimum absolute atomic E-state index is 0.135. The van der Waals surface area contributed by atoms with Crippen LogP contribution in [0.5, 0.6) is 0 Å². The first-order valence-corrected chi connectivity index (χ1v) is 11.0. The van der Waals surface area contributed by atoms with Gasteiger partial charge in [0.25, 0.3) is 0 Å². The van der Waals surface area contributed by atoms with Crippen LogP contribution in [0.3, 0.4) is 0 Å². The van der Waals surface area contributed by atoms with Crippen molar-refractivity contribution in [2.45, 2.75) is 44.2 Å². The van der Waals surface area contributed by atoms with E-state index >= 15 is 0 Å². The van der Waals surface area contributed by atoms with E-state index in [0.717, 1.165) is 38.0 Å². The molecular weight excluding hydrogens is 374 g/mol. The number of aromatic nitrogens is 1. The van der Waals surface area contributed by atoms with Crippen molar-refractivity contribution in [3.63, 3.8) is 0 Å². The maximum absolute atomic E-state index is 13.0. The van der Waals surface area contributed by atoms with Crippen LogP contribution in [0, 0.1) is 0 Å². The van der Waals surface area contributed by atoms with Gasteiger partial charge in [-0.15, -0.1) is 0 Å². The monoisotopic (exact) mass is 405 g/mol. The third-order valence-electron chi connectivity index (χ3n) is 6.48. The molecule has 1 amide bonds. The normalized spacial score (nSPS) is 24.7. The van der Waals surface area contributed by atoms with E-state index in [1.165, 1.54) is 11.1 Å². The van der Waals surface area contributed by atoms with Crippen LogP contribution < -0.4 is 0 Å². The van der Waals surface area contributed by atoms with Gasteiger partial charge < -0.3 is 10.0 Å². The molecule has 4 rings (SSSR count). The van der Waals surface area contributed by atoms with E-state index in [1.54, 1.807) is 12.4 Å². The summed E-state index contributed by atoms with van der Waals surface area (Å²) >= 11 is 0. The molecule has 5 nitrogen and oxygen atoms in total. The fourth-order valence-corrected chi connectivity index (χ4v) is 4.98. The molecule has 2 aliphatic heterocycles. The molecule has 0 spiro atoms. The number of nitrogens with zero attached hydrogens (tertiary/aromatic N) is 3. The van der Waals surface area contributed by atoms with E-state index in [2.05, 4.69) is 40.2 Å². The number of benzene rings is 1. The first-order chi connectivity index (χ1) is 14.7. The number of allylic oxidation sites excluding steroid dienone is 1. The summed E-state index contributed by atoms with van der Waals surface area (Å²) in [4.78, 5) is 21.6. The predicted octanol–water partition coefficient (Wildman–Crippen LogP) is 3.11. The van der Waals surface area contributed by atoms with Gasteiger partial charge in [0.1, 0.15) is 0 Å². The van der Waals surface area contributed by atoms with E-state index in [4.69, 9.17) is 0 Å². The molecule has 1 N–H and O–H groups in total. The second kappa shape index (κ2) is 9.54. The maximum Gasteiger partial charge on any atom is 0.227 e. The van der Waals surface area contributed by atoms with Crippen LogP contribution in [-0.4, -0.2) is 64.1 Å². The standard InChI is InChI=1S/C25H31N3O2/c1-2-6-19-8-10-21(11-9-19)25-22-17-27(13-3-4-14-28(22)23(25)18-29)24(30)15-20-7-5-12-26-16-20/h2,5-12,16,22-23,25,29H,3-4,13-15,17-18H2,1H3/b6-2+/t22-,23+,25-/m1/s1. The van der Waals surface area contributed by atoms with E-state index in [9.17, 15) is 9.90 Å². The molecule has 2 saturated heterocycles. The van der Waals surface area contributed by atoms with Gasteiger partial charge in [-0.1, -0.05) is 42.5 Å². The highest BCUT2D eigenvalue weighted by Gasteiger charge is 2.49. The molecule has 0 unspecified atom stereocenters. The molecule has 0 bridgehead atoms. The molecule has 2 aliphatic rings. The summed E-state index contributed by atoms with van der Waals surface area (Å²) in [6.07, 6.45) is 10.1. The predicted molar refractivity (Wildman–Crippen MR) is 119 cm³/mol. The van der Waals surface area contributed by atoms with Gasteiger partial charge in [-0.25, -0.2) is 0 Å². The van der Waals surface area contributed by atoms with Gasteiger partial charge in [-0.2, -0.15) is 0 Å². The lowest BCUT2D eigenvalue weighted by atomic mass is 9.74. The summed E-state index contributed by atoms with van der Waals surface area (Å²) in [7, 11) is 0. The van der Waals surface area contributed by atoms with Crippen LogP contribution in [0.1, 0.15) is 42.4 Å². The number of aliphatic hydroxyl groups excluding tert-OH is 1. The molecule has 3 heterocycles. The molecule has 0 aliphatic carbocycles. The third kappa shape index (κ3) is 4.32. The number of carbonyl (C=O) groups excluding carboxylic acids is 1. The Balaban J connectivity index is 1.52. The van der Waals surface area contributed by atoms with E-state index in [0.29, 0.717) is 6.42 Å². The highest BCUT2D eigenvalue weighted by Crippen LogP contribution is 2.42. The molecule has 5 heteroatoms. The summed E-state index contributed by atoms with van der Waals surface area (Å²) < 4.78 is 0. The van der Waals surface area contributed by atoms with Crippen molar-refractivity contribution in [1.29, 1.82) is 0 Å². The molecule has 2 fully saturated rings. The van der Waals surface area contributed by atoms with Crippen LogP contribution in [0.25, 0.3) is 6.08 Å². The molecule has 0 radical (unpaired) electrons. The highest BCUT2D eigenvalue weighted by molar-refractivity contribution is 5.78. The highest BCUT2D eigenvalue weighted by atomic mass is 16.3. The van der Waals surface area contributed by atoms with Crippen molar-refractivity contribution < 1.29 is 9.90 Å². The molecule has 3 atom stereocenters. The lowest BCUT2D eigenvalue weighted by molar-refractivity contribution is -0.135. The van der Waals surface area contributed by atoms with Crippen LogP contribution in [0.4, 0.5) is 0 Å². The number of hydrogen-bond donors (Lipinski definition) is 1. The molecule has 158 valence electrons. The van der Waals surface area contributed by atoms with Gasteiger partial charge in [0.05, 0.1) is 13.0 Å². The average Bonchev–Trinajstić information content (AvgIpc) is 2.74. The molecule has 30 heavy (non-hydrogen) atoms. The SMILES string of the molecule is C/C=C/c1ccc([C@@H]2[C@H]3CN(C(=O)Cc4cccnc4)CCCCN3[C@H]2CO)cc1. The Bertz CT molecular complexity index is 866. The Kier molecular flexibility index (Phi) is 6.60. The number of pyridine rings is 1. The lowest BCUT2D eigenvalue weighted by Crippen LogP contribution is -2.68. The molecular formula is C25H31N3O2. The summed E-state index contributed by atoms with van der Waals surface area (Å²) in [5, 5.41) is 10.1. The van der Waals surface area contributed by atoms with Crippen molar-refractivity contribution in [2.24, 2.45) is 0 Å². The zero-order valence-corrected chi connectivity index (χ0v) is 17.7. The third-order valence-corrected chi connectivity index (χ3v) is 6.48. The van der Waals surface area contributed by atoms with E-state index < -0.39 is 0 Å². The molecule has 1 aromatic heterocycles.